The Morgan fingerprint density at radius 3 is 2.19 bits per heavy atom. The van der Waals surface area contributed by atoms with Crippen LogP contribution in [0.4, 0.5) is 5.69 Å². The van der Waals surface area contributed by atoms with Crippen molar-refractivity contribution in [3.63, 3.8) is 0 Å². The second kappa shape index (κ2) is 6.61. The minimum absolute atomic E-state index is 0.291. The Bertz CT molecular complexity index is 912. The summed E-state index contributed by atoms with van der Waals surface area (Å²) >= 11 is 6.28. The molecule has 0 aliphatic carbocycles. The Hall–Kier alpha value is -2.59. The quantitative estimate of drug-likeness (QED) is 0.770. The van der Waals surface area contributed by atoms with Crippen molar-refractivity contribution < 1.29 is 9.59 Å². The molecule has 5 heteroatoms. The highest BCUT2D eigenvalue weighted by Crippen LogP contribution is 2.38. The van der Waals surface area contributed by atoms with Gasteiger partial charge in [0.15, 0.2) is 0 Å². The third-order valence-electron chi connectivity index (χ3n) is 4.92. The average Bonchev–Trinajstić information content (AvgIpc) is 3.23. The fraction of sp³-hybridized carbons (Fsp3) is 0.238. The maximum Gasteiger partial charge on any atom is 0.282 e. The van der Waals surface area contributed by atoms with Gasteiger partial charge in [0.2, 0.25) is 0 Å². The number of rotatable bonds is 3. The van der Waals surface area contributed by atoms with Gasteiger partial charge in [-0.25, -0.2) is 4.90 Å². The molecule has 0 atom stereocenters. The number of likely N-dealkylation sites (tertiary alicyclic amines) is 1. The molecule has 0 spiro atoms. The number of benzene rings is 2. The summed E-state index contributed by atoms with van der Waals surface area (Å²) in [5.74, 6) is -0.602. The lowest BCUT2D eigenvalue weighted by Gasteiger charge is -2.20. The van der Waals surface area contributed by atoms with Crippen LogP contribution in [0.2, 0.25) is 5.02 Å². The Kier molecular flexibility index (Phi) is 4.29. The van der Waals surface area contributed by atoms with Gasteiger partial charge in [-0.1, -0.05) is 53.6 Å². The Labute approximate surface area is 157 Å². The van der Waals surface area contributed by atoms with E-state index in [0.29, 0.717) is 22.0 Å². The Morgan fingerprint density at radius 2 is 1.54 bits per heavy atom. The molecular formula is C21H19ClN2O2. The summed E-state index contributed by atoms with van der Waals surface area (Å²) in [5.41, 5.74) is 3.28. The molecule has 2 heterocycles. The van der Waals surface area contributed by atoms with Gasteiger partial charge in [0.05, 0.1) is 16.3 Å². The van der Waals surface area contributed by atoms with Crippen LogP contribution in [0.3, 0.4) is 0 Å². The van der Waals surface area contributed by atoms with Crippen LogP contribution in [0.25, 0.3) is 5.57 Å². The minimum Gasteiger partial charge on any atom is -0.366 e. The van der Waals surface area contributed by atoms with Crippen LogP contribution in [0.15, 0.2) is 54.2 Å². The van der Waals surface area contributed by atoms with Crippen molar-refractivity contribution in [2.45, 2.75) is 19.8 Å². The summed E-state index contributed by atoms with van der Waals surface area (Å²) in [6, 6.07) is 14.7. The number of aryl methyl sites for hydroxylation is 1. The molecule has 0 bridgehead atoms. The van der Waals surface area contributed by atoms with E-state index in [1.54, 1.807) is 24.3 Å². The fourth-order valence-corrected chi connectivity index (χ4v) is 3.80. The van der Waals surface area contributed by atoms with Crippen molar-refractivity contribution in [2.24, 2.45) is 0 Å². The normalized spacial score (nSPS) is 17.6. The molecule has 1 fully saturated rings. The highest BCUT2D eigenvalue weighted by molar-refractivity contribution is 6.47. The monoisotopic (exact) mass is 366 g/mol. The highest BCUT2D eigenvalue weighted by Gasteiger charge is 2.43. The summed E-state index contributed by atoms with van der Waals surface area (Å²) in [4.78, 5) is 29.8. The summed E-state index contributed by atoms with van der Waals surface area (Å²) in [6.45, 7) is 3.58. The van der Waals surface area contributed by atoms with E-state index in [-0.39, 0.29) is 11.8 Å². The van der Waals surface area contributed by atoms with Gasteiger partial charge < -0.3 is 4.90 Å². The predicted molar refractivity (Wildman–Crippen MR) is 103 cm³/mol. The van der Waals surface area contributed by atoms with Crippen molar-refractivity contribution in [1.82, 2.24) is 4.90 Å². The summed E-state index contributed by atoms with van der Waals surface area (Å²) in [6.07, 6.45) is 2.05. The molecule has 2 aliphatic rings. The van der Waals surface area contributed by atoms with E-state index in [4.69, 9.17) is 11.6 Å². The van der Waals surface area contributed by atoms with E-state index < -0.39 is 0 Å². The fourth-order valence-electron chi connectivity index (χ4n) is 3.58. The first-order valence-corrected chi connectivity index (χ1v) is 9.15. The van der Waals surface area contributed by atoms with Crippen molar-refractivity contribution >= 4 is 34.7 Å². The molecule has 0 unspecified atom stereocenters. The summed E-state index contributed by atoms with van der Waals surface area (Å²) in [5, 5.41) is 0.389. The molecular weight excluding hydrogens is 348 g/mol. The Morgan fingerprint density at radius 1 is 0.885 bits per heavy atom. The predicted octanol–water partition coefficient (Wildman–Crippen LogP) is 4.03. The lowest BCUT2D eigenvalue weighted by atomic mass is 10.0. The van der Waals surface area contributed by atoms with Crippen LogP contribution in [0.1, 0.15) is 24.0 Å². The number of carbonyl (C=O) groups is 2. The largest absolute Gasteiger partial charge is 0.366 e. The van der Waals surface area contributed by atoms with Gasteiger partial charge in [-0.05, 0) is 37.5 Å². The van der Waals surface area contributed by atoms with Crippen LogP contribution < -0.4 is 4.90 Å². The molecule has 2 aromatic rings. The zero-order valence-electron chi connectivity index (χ0n) is 14.5. The van der Waals surface area contributed by atoms with Gasteiger partial charge in [0.1, 0.15) is 5.70 Å². The lowest BCUT2D eigenvalue weighted by molar-refractivity contribution is -0.120. The van der Waals surface area contributed by atoms with E-state index in [1.165, 1.54) is 4.90 Å². The van der Waals surface area contributed by atoms with Crippen molar-refractivity contribution in [3.8, 4) is 0 Å². The van der Waals surface area contributed by atoms with Crippen molar-refractivity contribution in [2.75, 3.05) is 18.0 Å². The first-order chi connectivity index (χ1) is 12.6. The SMILES string of the molecule is Cc1ccc(C2=C(N3CCCC3)C(=O)N(c3ccccc3Cl)C2=O)cc1. The number of halogens is 1. The smallest absolute Gasteiger partial charge is 0.282 e. The molecule has 2 aromatic carbocycles. The molecule has 2 amide bonds. The summed E-state index contributed by atoms with van der Waals surface area (Å²) in [7, 11) is 0. The van der Waals surface area contributed by atoms with Crippen LogP contribution in [-0.2, 0) is 9.59 Å². The molecule has 1 saturated heterocycles. The topological polar surface area (TPSA) is 40.6 Å². The number of para-hydroxylation sites is 1. The molecule has 26 heavy (non-hydrogen) atoms. The highest BCUT2D eigenvalue weighted by atomic mass is 35.5. The van der Waals surface area contributed by atoms with Gasteiger partial charge in [0.25, 0.3) is 11.8 Å². The maximum absolute atomic E-state index is 13.3. The van der Waals surface area contributed by atoms with Crippen molar-refractivity contribution in [3.05, 3.63) is 70.4 Å². The third kappa shape index (κ3) is 2.71. The molecule has 4 rings (SSSR count). The number of nitrogens with zero attached hydrogens (tertiary/aromatic N) is 2. The first kappa shape index (κ1) is 16.9. The van der Waals surface area contributed by atoms with E-state index in [2.05, 4.69) is 0 Å². The maximum atomic E-state index is 13.3. The Balaban J connectivity index is 1.86. The van der Waals surface area contributed by atoms with Gasteiger partial charge in [-0.2, -0.15) is 0 Å². The van der Waals surface area contributed by atoms with E-state index in [1.807, 2.05) is 36.1 Å². The second-order valence-corrected chi connectivity index (χ2v) is 7.09. The van der Waals surface area contributed by atoms with Gasteiger partial charge >= 0.3 is 0 Å². The first-order valence-electron chi connectivity index (χ1n) is 8.77. The molecule has 0 aromatic heterocycles. The van der Waals surface area contributed by atoms with Crippen LogP contribution >= 0.6 is 11.6 Å². The van der Waals surface area contributed by atoms with Crippen molar-refractivity contribution in [1.29, 1.82) is 0 Å². The third-order valence-corrected chi connectivity index (χ3v) is 5.23. The molecule has 132 valence electrons. The number of amides is 2. The van der Waals surface area contributed by atoms with E-state index in [0.717, 1.165) is 37.1 Å². The van der Waals surface area contributed by atoms with Crippen LogP contribution in [0.5, 0.6) is 0 Å². The standard InChI is InChI=1S/C21H19ClN2O2/c1-14-8-10-15(11-9-14)18-19(23-12-4-5-13-23)21(26)24(20(18)25)17-7-3-2-6-16(17)22/h2-3,6-11H,4-5,12-13H2,1H3. The number of anilines is 1. The minimum atomic E-state index is -0.311. The average molecular weight is 367 g/mol. The van der Waals surface area contributed by atoms with E-state index >= 15 is 0 Å². The zero-order chi connectivity index (χ0) is 18.3. The number of hydrogen-bond acceptors (Lipinski definition) is 3. The number of imide groups is 1. The second-order valence-electron chi connectivity index (χ2n) is 6.68. The van der Waals surface area contributed by atoms with Gasteiger partial charge in [-0.15, -0.1) is 0 Å². The molecule has 4 nitrogen and oxygen atoms in total. The van der Waals surface area contributed by atoms with Crippen LogP contribution in [-0.4, -0.2) is 29.8 Å². The molecule has 0 N–H and O–H groups in total. The van der Waals surface area contributed by atoms with E-state index in [9.17, 15) is 9.59 Å². The molecule has 0 radical (unpaired) electrons. The zero-order valence-corrected chi connectivity index (χ0v) is 15.3. The van der Waals surface area contributed by atoms with Gasteiger partial charge in [0, 0.05) is 13.1 Å². The lowest BCUT2D eigenvalue weighted by Crippen LogP contribution is -2.34. The summed E-state index contributed by atoms with van der Waals surface area (Å²) < 4.78 is 0. The number of carbonyl (C=O) groups excluding carboxylic acids is 2. The van der Waals surface area contributed by atoms with Gasteiger partial charge in [-0.3, -0.25) is 9.59 Å². The molecule has 2 aliphatic heterocycles. The number of hydrogen-bond donors (Lipinski definition) is 0. The molecule has 0 saturated carbocycles. The van der Waals surface area contributed by atoms with Crippen LogP contribution in [0, 0.1) is 6.92 Å².